The van der Waals surface area contributed by atoms with E-state index in [1.54, 1.807) is 6.07 Å². The summed E-state index contributed by atoms with van der Waals surface area (Å²) in [5, 5.41) is 8.49. The molecule has 17 heavy (non-hydrogen) atoms. The summed E-state index contributed by atoms with van der Waals surface area (Å²) in [4.78, 5) is 23.6. The summed E-state index contributed by atoms with van der Waals surface area (Å²) in [7, 11) is 0. The van der Waals surface area contributed by atoms with E-state index in [1.807, 2.05) is 18.2 Å². The SMILES string of the molecule is O=C(O)CCC(=O)c1ccc(C=CCCS)s1. The molecule has 0 bridgehead atoms. The molecule has 0 aliphatic carbocycles. The zero-order valence-corrected chi connectivity index (χ0v) is 11.0. The molecule has 1 rings (SSSR count). The fraction of sp³-hybridized carbons (Fsp3) is 0.333. The van der Waals surface area contributed by atoms with Crippen LogP contribution in [0.15, 0.2) is 18.2 Å². The van der Waals surface area contributed by atoms with Gasteiger partial charge in [0.2, 0.25) is 0 Å². The van der Waals surface area contributed by atoms with Crippen molar-refractivity contribution in [3.63, 3.8) is 0 Å². The first-order chi connectivity index (χ1) is 8.13. The zero-order chi connectivity index (χ0) is 12.7. The van der Waals surface area contributed by atoms with Crippen molar-refractivity contribution in [1.29, 1.82) is 0 Å². The third kappa shape index (κ3) is 5.19. The fourth-order valence-electron chi connectivity index (χ4n) is 1.21. The Morgan fingerprint density at radius 2 is 2.12 bits per heavy atom. The van der Waals surface area contributed by atoms with Gasteiger partial charge in [-0.1, -0.05) is 6.08 Å². The van der Waals surface area contributed by atoms with Gasteiger partial charge >= 0.3 is 5.97 Å². The third-order valence-corrected chi connectivity index (χ3v) is 3.40. The van der Waals surface area contributed by atoms with Crippen LogP contribution in [0.3, 0.4) is 0 Å². The lowest BCUT2D eigenvalue weighted by molar-refractivity contribution is -0.136. The predicted molar refractivity (Wildman–Crippen MR) is 73.0 cm³/mol. The minimum Gasteiger partial charge on any atom is -0.481 e. The number of allylic oxidation sites excluding steroid dienone is 1. The Labute approximate surface area is 110 Å². The quantitative estimate of drug-likeness (QED) is 0.591. The second-order valence-electron chi connectivity index (χ2n) is 3.43. The maximum absolute atomic E-state index is 11.6. The van der Waals surface area contributed by atoms with Gasteiger partial charge in [-0.25, -0.2) is 0 Å². The second-order valence-corrected chi connectivity index (χ2v) is 5.00. The van der Waals surface area contributed by atoms with E-state index in [1.165, 1.54) is 11.3 Å². The maximum Gasteiger partial charge on any atom is 0.303 e. The van der Waals surface area contributed by atoms with Gasteiger partial charge in [0.15, 0.2) is 5.78 Å². The number of hydrogen-bond acceptors (Lipinski definition) is 4. The highest BCUT2D eigenvalue weighted by Gasteiger charge is 2.10. The number of carboxylic acids is 1. The summed E-state index contributed by atoms with van der Waals surface area (Å²) in [6.07, 6.45) is 4.81. The lowest BCUT2D eigenvalue weighted by atomic mass is 10.2. The number of thiophene rings is 1. The first-order valence-corrected chi connectivity index (χ1v) is 6.70. The Morgan fingerprint density at radius 1 is 1.35 bits per heavy atom. The largest absolute Gasteiger partial charge is 0.481 e. The molecule has 0 aliphatic rings. The van der Waals surface area contributed by atoms with Crippen molar-refractivity contribution in [2.45, 2.75) is 19.3 Å². The lowest BCUT2D eigenvalue weighted by Crippen LogP contribution is -2.01. The van der Waals surface area contributed by atoms with Crippen LogP contribution in [-0.2, 0) is 4.79 Å². The van der Waals surface area contributed by atoms with Crippen LogP contribution in [0.5, 0.6) is 0 Å². The van der Waals surface area contributed by atoms with Gasteiger partial charge in [-0.2, -0.15) is 12.6 Å². The van der Waals surface area contributed by atoms with Gasteiger partial charge < -0.3 is 5.11 Å². The molecule has 0 saturated carbocycles. The molecule has 1 aromatic heterocycles. The first-order valence-electron chi connectivity index (χ1n) is 5.25. The van der Waals surface area contributed by atoms with Crippen LogP contribution in [0.4, 0.5) is 0 Å². The molecule has 5 heteroatoms. The van der Waals surface area contributed by atoms with Gasteiger partial charge in [-0.05, 0) is 30.4 Å². The maximum atomic E-state index is 11.6. The number of rotatable bonds is 7. The number of ketones is 1. The fourth-order valence-corrected chi connectivity index (χ4v) is 2.27. The molecule has 92 valence electrons. The minimum absolute atomic E-state index is 0.0651. The van der Waals surface area contributed by atoms with Crippen molar-refractivity contribution in [3.05, 3.63) is 28.0 Å². The summed E-state index contributed by atoms with van der Waals surface area (Å²) in [6.45, 7) is 0. The van der Waals surface area contributed by atoms with E-state index in [0.29, 0.717) is 4.88 Å². The first kappa shape index (κ1) is 14.0. The number of carbonyl (C=O) groups excluding carboxylic acids is 1. The van der Waals surface area contributed by atoms with E-state index in [9.17, 15) is 9.59 Å². The van der Waals surface area contributed by atoms with Crippen LogP contribution in [0.2, 0.25) is 0 Å². The summed E-state index contributed by atoms with van der Waals surface area (Å²) < 4.78 is 0. The summed E-state index contributed by atoms with van der Waals surface area (Å²) in [5.74, 6) is -0.248. The summed E-state index contributed by atoms with van der Waals surface area (Å²) in [6, 6.07) is 3.61. The van der Waals surface area contributed by atoms with E-state index in [2.05, 4.69) is 12.6 Å². The highest BCUT2D eigenvalue weighted by Crippen LogP contribution is 2.20. The van der Waals surface area contributed by atoms with Gasteiger partial charge in [0.1, 0.15) is 0 Å². The van der Waals surface area contributed by atoms with Gasteiger partial charge in [0.25, 0.3) is 0 Å². The molecule has 3 nitrogen and oxygen atoms in total. The molecule has 0 aromatic carbocycles. The molecule has 0 amide bonds. The molecule has 0 aliphatic heterocycles. The predicted octanol–water partition coefficient (Wildman–Crippen LogP) is 3.13. The average molecular weight is 270 g/mol. The number of Topliss-reactive ketones (excluding diaryl/α,β-unsaturated/α-hetero) is 1. The Kier molecular flexibility index (Phi) is 6.00. The molecule has 0 spiro atoms. The van der Waals surface area contributed by atoms with Crippen molar-refractivity contribution < 1.29 is 14.7 Å². The monoisotopic (exact) mass is 270 g/mol. The highest BCUT2D eigenvalue weighted by molar-refractivity contribution is 7.80. The molecule has 1 N–H and O–H groups in total. The Hall–Kier alpha value is -1.07. The van der Waals surface area contributed by atoms with Gasteiger partial charge in [-0.15, -0.1) is 11.3 Å². The van der Waals surface area contributed by atoms with Crippen molar-refractivity contribution in [2.75, 3.05) is 5.75 Å². The molecule has 0 fully saturated rings. The molecular formula is C12H14O3S2. The number of carboxylic acid groups (broad SMARTS) is 1. The lowest BCUT2D eigenvalue weighted by Gasteiger charge is -1.93. The number of hydrogen-bond donors (Lipinski definition) is 2. The average Bonchev–Trinajstić information content (AvgIpc) is 2.75. The van der Waals surface area contributed by atoms with E-state index < -0.39 is 5.97 Å². The van der Waals surface area contributed by atoms with Gasteiger partial charge in [0, 0.05) is 11.3 Å². The van der Waals surface area contributed by atoms with Crippen molar-refractivity contribution in [2.24, 2.45) is 0 Å². The standard InChI is InChI=1S/C12H14O3S2/c13-10(5-7-12(14)15)11-6-4-9(17-11)3-1-2-8-16/h1,3-4,6,16H,2,5,7-8H2,(H,14,15). The molecule has 1 heterocycles. The third-order valence-electron chi connectivity index (χ3n) is 2.05. The van der Waals surface area contributed by atoms with Crippen molar-refractivity contribution >= 4 is 41.8 Å². The zero-order valence-electron chi connectivity index (χ0n) is 9.26. The summed E-state index contributed by atoms with van der Waals surface area (Å²) >= 11 is 5.48. The number of thiol groups is 1. The molecule has 0 saturated heterocycles. The van der Waals surface area contributed by atoms with Crippen LogP contribution in [0.1, 0.15) is 33.8 Å². The van der Waals surface area contributed by atoms with Gasteiger partial charge in [0.05, 0.1) is 11.3 Å². The summed E-state index contributed by atoms with van der Waals surface area (Å²) in [5.41, 5.74) is 0. The smallest absolute Gasteiger partial charge is 0.303 e. The van der Waals surface area contributed by atoms with E-state index in [4.69, 9.17) is 5.11 Å². The molecule has 0 atom stereocenters. The Morgan fingerprint density at radius 3 is 2.76 bits per heavy atom. The normalized spacial score (nSPS) is 10.9. The Balaban J connectivity index is 2.55. The van der Waals surface area contributed by atoms with Crippen molar-refractivity contribution in [1.82, 2.24) is 0 Å². The molecular weight excluding hydrogens is 256 g/mol. The van der Waals surface area contributed by atoms with E-state index in [-0.39, 0.29) is 18.6 Å². The van der Waals surface area contributed by atoms with Gasteiger partial charge in [-0.3, -0.25) is 9.59 Å². The number of carbonyl (C=O) groups is 2. The van der Waals surface area contributed by atoms with Crippen LogP contribution >= 0.6 is 24.0 Å². The number of aliphatic carboxylic acids is 1. The minimum atomic E-state index is -0.941. The molecule has 0 unspecified atom stereocenters. The molecule has 1 aromatic rings. The van der Waals surface area contributed by atoms with Crippen LogP contribution in [-0.4, -0.2) is 22.6 Å². The van der Waals surface area contributed by atoms with Crippen LogP contribution in [0, 0.1) is 0 Å². The van der Waals surface area contributed by atoms with E-state index in [0.717, 1.165) is 17.1 Å². The van der Waals surface area contributed by atoms with Crippen LogP contribution < -0.4 is 0 Å². The highest BCUT2D eigenvalue weighted by atomic mass is 32.1. The van der Waals surface area contributed by atoms with Crippen molar-refractivity contribution in [3.8, 4) is 0 Å². The molecule has 0 radical (unpaired) electrons. The van der Waals surface area contributed by atoms with Crippen LogP contribution in [0.25, 0.3) is 6.08 Å². The Bertz CT molecular complexity index is 421. The van der Waals surface area contributed by atoms with E-state index >= 15 is 0 Å². The second kappa shape index (κ2) is 7.29. The topological polar surface area (TPSA) is 54.4 Å².